The summed E-state index contributed by atoms with van der Waals surface area (Å²) in [5.74, 6) is -0.277. The summed E-state index contributed by atoms with van der Waals surface area (Å²) in [4.78, 5) is 35.1. The number of ketones is 1. The zero-order valence-electron chi connectivity index (χ0n) is 20.3. The van der Waals surface area contributed by atoms with Crippen LogP contribution in [0.3, 0.4) is 0 Å². The first-order valence-electron chi connectivity index (χ1n) is 12.2. The van der Waals surface area contributed by atoms with Gasteiger partial charge in [0.1, 0.15) is 23.7 Å². The zero-order valence-corrected chi connectivity index (χ0v) is 20.3. The van der Waals surface area contributed by atoms with Gasteiger partial charge in [0.25, 0.3) is 0 Å². The van der Waals surface area contributed by atoms with Gasteiger partial charge >= 0.3 is 0 Å². The van der Waals surface area contributed by atoms with Crippen LogP contribution in [0, 0.1) is 5.82 Å². The Balaban J connectivity index is 1.39. The Morgan fingerprint density at radius 1 is 1.16 bits per heavy atom. The molecule has 0 saturated carbocycles. The largest absolute Gasteiger partial charge is 0.383 e. The molecule has 1 amide bonds. The van der Waals surface area contributed by atoms with Crippen molar-refractivity contribution in [2.75, 3.05) is 18.8 Å². The van der Waals surface area contributed by atoms with E-state index in [1.54, 1.807) is 17.0 Å². The number of carbonyl (C=O) groups is 2. The first kappa shape index (κ1) is 24.3. The van der Waals surface area contributed by atoms with Gasteiger partial charge in [-0.1, -0.05) is 43.0 Å². The maximum Gasteiger partial charge on any atom is 0.246 e. The van der Waals surface area contributed by atoms with Crippen molar-refractivity contribution in [3.8, 4) is 11.3 Å². The van der Waals surface area contributed by atoms with E-state index < -0.39 is 5.82 Å². The molecule has 9 heteroatoms. The molecule has 2 aromatic heterocycles. The number of nitrogens with zero attached hydrogens (tertiary/aromatic N) is 5. The van der Waals surface area contributed by atoms with Crippen molar-refractivity contribution in [1.29, 1.82) is 0 Å². The van der Waals surface area contributed by atoms with Crippen molar-refractivity contribution in [2.45, 2.75) is 31.7 Å². The molecule has 1 atom stereocenters. The number of aryl methyl sites for hydroxylation is 1. The lowest BCUT2D eigenvalue weighted by molar-refractivity contribution is -0.127. The topological polar surface area (TPSA) is 107 Å². The molecule has 0 spiro atoms. The summed E-state index contributed by atoms with van der Waals surface area (Å²) in [5.41, 5.74) is 9.77. The van der Waals surface area contributed by atoms with Gasteiger partial charge in [-0.25, -0.2) is 19.0 Å². The minimum Gasteiger partial charge on any atom is -0.383 e. The molecule has 1 aliphatic rings. The van der Waals surface area contributed by atoms with Crippen LogP contribution in [0.4, 0.5) is 10.2 Å². The van der Waals surface area contributed by atoms with Crippen LogP contribution in [0.1, 0.15) is 41.2 Å². The quantitative estimate of drug-likeness (QED) is 0.299. The zero-order chi connectivity index (χ0) is 25.9. The molecule has 2 aromatic carbocycles. The fraction of sp³-hybridized carbons (Fsp3) is 0.250. The maximum absolute atomic E-state index is 13.4. The number of aromatic nitrogens is 4. The van der Waals surface area contributed by atoms with Crippen LogP contribution < -0.4 is 5.73 Å². The molecule has 1 fully saturated rings. The Kier molecular flexibility index (Phi) is 6.76. The molecule has 0 radical (unpaired) electrons. The third-order valence-corrected chi connectivity index (χ3v) is 6.76. The number of nitrogens with two attached hydrogens (primary N) is 1. The predicted octanol–water partition coefficient (Wildman–Crippen LogP) is 4.38. The van der Waals surface area contributed by atoms with Crippen LogP contribution >= 0.6 is 0 Å². The highest BCUT2D eigenvalue weighted by atomic mass is 19.1. The number of amides is 1. The second kappa shape index (κ2) is 10.3. The van der Waals surface area contributed by atoms with Gasteiger partial charge in [0, 0.05) is 30.6 Å². The van der Waals surface area contributed by atoms with E-state index in [4.69, 9.17) is 10.8 Å². The van der Waals surface area contributed by atoms with E-state index in [1.807, 2.05) is 28.9 Å². The normalized spacial score (nSPS) is 15.6. The molecular weight excluding hydrogens is 471 g/mol. The number of Topliss-reactive ketones (excluding diaryl/α,β-unsaturated/α-hetero) is 1. The maximum atomic E-state index is 13.4. The number of hydrogen-bond acceptors (Lipinski definition) is 6. The Morgan fingerprint density at radius 2 is 1.97 bits per heavy atom. The highest BCUT2D eigenvalue weighted by Crippen LogP contribution is 2.34. The highest BCUT2D eigenvalue weighted by Gasteiger charge is 2.28. The van der Waals surface area contributed by atoms with Crippen molar-refractivity contribution in [3.63, 3.8) is 0 Å². The van der Waals surface area contributed by atoms with E-state index in [0.29, 0.717) is 47.6 Å². The number of halogens is 1. The highest BCUT2D eigenvalue weighted by molar-refractivity contribution is 5.98. The smallest absolute Gasteiger partial charge is 0.246 e. The molecule has 5 rings (SSSR count). The molecule has 3 heterocycles. The number of fused-ring (bicyclic) bond motifs is 1. The average Bonchev–Trinajstić information content (AvgIpc) is 3.32. The van der Waals surface area contributed by atoms with E-state index in [1.165, 1.54) is 24.5 Å². The molecule has 1 aliphatic heterocycles. The lowest BCUT2D eigenvalue weighted by atomic mass is 10.0. The summed E-state index contributed by atoms with van der Waals surface area (Å²) in [6.45, 7) is 4.81. The van der Waals surface area contributed by atoms with Gasteiger partial charge in [-0.05, 0) is 43.0 Å². The van der Waals surface area contributed by atoms with Crippen LogP contribution in [-0.2, 0) is 11.2 Å². The minimum atomic E-state index is -0.418. The Bertz CT molecular complexity index is 1480. The molecule has 1 unspecified atom stereocenters. The van der Waals surface area contributed by atoms with Crippen molar-refractivity contribution in [3.05, 3.63) is 84.5 Å². The summed E-state index contributed by atoms with van der Waals surface area (Å²) in [6.07, 6.45) is 5.29. The van der Waals surface area contributed by atoms with Gasteiger partial charge in [-0.2, -0.15) is 5.10 Å². The van der Waals surface area contributed by atoms with Crippen LogP contribution in [0.5, 0.6) is 0 Å². The SMILES string of the molecule is C=CC(=O)N1CCCC(n2nc(-c3ccc(CCC(=O)c4cccc(F)c4)cc3)c3c(N)ncnc32)C1. The molecule has 4 aromatic rings. The molecule has 37 heavy (non-hydrogen) atoms. The molecule has 1 saturated heterocycles. The van der Waals surface area contributed by atoms with Crippen LogP contribution in [0.2, 0.25) is 0 Å². The Morgan fingerprint density at radius 3 is 2.73 bits per heavy atom. The summed E-state index contributed by atoms with van der Waals surface area (Å²) in [5, 5.41) is 5.57. The van der Waals surface area contributed by atoms with Gasteiger partial charge in [0.15, 0.2) is 11.4 Å². The van der Waals surface area contributed by atoms with E-state index in [0.717, 1.165) is 24.0 Å². The molecular formula is C28H27FN6O2. The van der Waals surface area contributed by atoms with Gasteiger partial charge < -0.3 is 10.6 Å². The fourth-order valence-corrected chi connectivity index (χ4v) is 4.83. The number of benzene rings is 2. The first-order valence-corrected chi connectivity index (χ1v) is 12.2. The number of piperidine rings is 1. The number of hydrogen-bond donors (Lipinski definition) is 1. The monoisotopic (exact) mass is 498 g/mol. The first-order chi connectivity index (χ1) is 17.9. The second-order valence-electron chi connectivity index (χ2n) is 9.17. The lowest BCUT2D eigenvalue weighted by Gasteiger charge is -2.32. The Hall–Kier alpha value is -4.40. The van der Waals surface area contributed by atoms with Gasteiger partial charge in [0.05, 0.1) is 11.4 Å². The fourth-order valence-electron chi connectivity index (χ4n) is 4.83. The summed E-state index contributed by atoms with van der Waals surface area (Å²) in [7, 11) is 0. The van der Waals surface area contributed by atoms with Crippen molar-refractivity contribution < 1.29 is 14.0 Å². The summed E-state index contributed by atoms with van der Waals surface area (Å²) in [6, 6.07) is 13.5. The van der Waals surface area contributed by atoms with Crippen molar-refractivity contribution >= 4 is 28.5 Å². The minimum absolute atomic E-state index is 0.0451. The van der Waals surface area contributed by atoms with Gasteiger partial charge in [0.2, 0.25) is 5.91 Å². The number of rotatable bonds is 7. The number of anilines is 1. The van der Waals surface area contributed by atoms with Crippen molar-refractivity contribution in [1.82, 2.24) is 24.6 Å². The third kappa shape index (κ3) is 4.97. The average molecular weight is 499 g/mol. The number of nitrogen functional groups attached to an aromatic ring is 1. The lowest BCUT2D eigenvalue weighted by Crippen LogP contribution is -2.40. The van der Waals surface area contributed by atoms with Crippen LogP contribution in [0.25, 0.3) is 22.3 Å². The molecule has 2 N–H and O–H groups in total. The van der Waals surface area contributed by atoms with E-state index >= 15 is 0 Å². The number of likely N-dealkylation sites (tertiary alicyclic amines) is 1. The van der Waals surface area contributed by atoms with E-state index in [-0.39, 0.29) is 24.2 Å². The van der Waals surface area contributed by atoms with Gasteiger partial charge in [-0.15, -0.1) is 0 Å². The summed E-state index contributed by atoms with van der Waals surface area (Å²) < 4.78 is 15.3. The molecule has 0 aliphatic carbocycles. The molecule has 188 valence electrons. The third-order valence-electron chi connectivity index (χ3n) is 6.76. The molecule has 0 bridgehead atoms. The predicted molar refractivity (Wildman–Crippen MR) is 139 cm³/mol. The molecule has 8 nitrogen and oxygen atoms in total. The Labute approximate surface area is 213 Å². The van der Waals surface area contributed by atoms with Crippen LogP contribution in [-0.4, -0.2) is 49.4 Å². The van der Waals surface area contributed by atoms with Crippen molar-refractivity contribution in [2.24, 2.45) is 0 Å². The second-order valence-corrected chi connectivity index (χ2v) is 9.17. The summed E-state index contributed by atoms with van der Waals surface area (Å²) >= 11 is 0. The van der Waals surface area contributed by atoms with E-state index in [9.17, 15) is 14.0 Å². The standard InChI is InChI=1S/C28H27FN6O2/c1-2-24(37)34-14-4-7-22(16-34)35-28-25(27(30)31-17-32-28)26(33-35)19-11-8-18(9-12-19)10-13-23(36)20-5-3-6-21(29)15-20/h2-3,5-6,8-9,11-12,15,17,22H,1,4,7,10,13-14,16H2,(H2,30,31,32). The number of carbonyl (C=O) groups excluding carboxylic acids is 2. The van der Waals surface area contributed by atoms with Crippen LogP contribution in [0.15, 0.2) is 67.5 Å². The van der Waals surface area contributed by atoms with Gasteiger partial charge in [-0.3, -0.25) is 9.59 Å². The van der Waals surface area contributed by atoms with E-state index in [2.05, 4.69) is 16.5 Å².